The normalized spacial score (nSPS) is 13.5. The number of ether oxygens (including phenoxy) is 1. The van der Waals surface area contributed by atoms with Crippen molar-refractivity contribution in [1.29, 1.82) is 0 Å². The molecule has 19 heavy (non-hydrogen) atoms. The largest absolute Gasteiger partial charge is 0.360 e. The number of fused-ring (bicyclic) bond motifs is 1. The molecule has 0 aromatic heterocycles. The second-order valence-corrected chi connectivity index (χ2v) is 5.44. The lowest BCUT2D eigenvalue weighted by Gasteiger charge is -2.29. The van der Waals surface area contributed by atoms with E-state index in [-0.39, 0.29) is 11.9 Å². The highest BCUT2D eigenvalue weighted by Crippen LogP contribution is 2.29. The topological polar surface area (TPSA) is 26.3 Å². The molecular formula is C17H20O2. The lowest BCUT2D eigenvalue weighted by atomic mass is 9.95. The Kier molecular flexibility index (Phi) is 3.72. The number of ketones is 1. The number of carbonyl (C=O) groups is 1. The van der Waals surface area contributed by atoms with Gasteiger partial charge < -0.3 is 4.74 Å². The fourth-order valence-corrected chi connectivity index (χ4v) is 2.16. The number of benzene rings is 2. The summed E-state index contributed by atoms with van der Waals surface area (Å²) in [6.45, 7) is 7.35. The summed E-state index contributed by atoms with van der Waals surface area (Å²) < 4.78 is 5.88. The summed E-state index contributed by atoms with van der Waals surface area (Å²) in [7, 11) is 0. The molecule has 0 aliphatic heterocycles. The molecule has 2 aromatic carbocycles. The molecular weight excluding hydrogens is 236 g/mol. The summed E-state index contributed by atoms with van der Waals surface area (Å²) in [4.78, 5) is 11.3. The van der Waals surface area contributed by atoms with Gasteiger partial charge >= 0.3 is 0 Å². The van der Waals surface area contributed by atoms with Crippen molar-refractivity contribution in [3.63, 3.8) is 0 Å². The lowest BCUT2D eigenvalue weighted by molar-refractivity contribution is -0.138. The summed E-state index contributed by atoms with van der Waals surface area (Å²) in [5.74, 6) is 0.0499. The second kappa shape index (κ2) is 5.14. The summed E-state index contributed by atoms with van der Waals surface area (Å²) in [5.41, 5.74) is 0.606. The molecule has 0 saturated carbocycles. The van der Waals surface area contributed by atoms with Crippen LogP contribution in [0, 0.1) is 0 Å². The highest BCUT2D eigenvalue weighted by atomic mass is 16.5. The van der Waals surface area contributed by atoms with Crippen molar-refractivity contribution in [2.24, 2.45) is 0 Å². The van der Waals surface area contributed by atoms with Gasteiger partial charge in [0.2, 0.25) is 0 Å². The molecule has 0 N–H and O–H groups in total. The Labute approximate surface area is 114 Å². The van der Waals surface area contributed by atoms with Crippen molar-refractivity contribution < 1.29 is 9.53 Å². The van der Waals surface area contributed by atoms with Crippen LogP contribution in [0.25, 0.3) is 10.8 Å². The first-order valence-electron chi connectivity index (χ1n) is 6.58. The average molecular weight is 256 g/mol. The van der Waals surface area contributed by atoms with E-state index in [4.69, 9.17) is 4.74 Å². The van der Waals surface area contributed by atoms with E-state index in [2.05, 4.69) is 30.3 Å². The Morgan fingerprint density at radius 1 is 1.11 bits per heavy atom. The predicted octanol–water partition coefficient (Wildman–Crippen LogP) is 4.07. The van der Waals surface area contributed by atoms with Gasteiger partial charge in [0, 0.05) is 0 Å². The van der Waals surface area contributed by atoms with Crippen molar-refractivity contribution in [3.05, 3.63) is 48.0 Å². The fraction of sp³-hybridized carbons (Fsp3) is 0.353. The monoisotopic (exact) mass is 256 g/mol. The summed E-state index contributed by atoms with van der Waals surface area (Å²) in [6, 6.07) is 14.5. The van der Waals surface area contributed by atoms with Gasteiger partial charge in [0.05, 0.1) is 5.60 Å². The van der Waals surface area contributed by atoms with Gasteiger partial charge in [0.25, 0.3) is 0 Å². The van der Waals surface area contributed by atoms with Crippen molar-refractivity contribution in [3.8, 4) is 0 Å². The first-order valence-corrected chi connectivity index (χ1v) is 6.58. The van der Waals surface area contributed by atoms with Crippen LogP contribution in [0.5, 0.6) is 0 Å². The molecule has 0 heterocycles. The van der Waals surface area contributed by atoms with Crippen LogP contribution in [0.4, 0.5) is 0 Å². The van der Waals surface area contributed by atoms with E-state index in [1.165, 1.54) is 10.8 Å². The summed E-state index contributed by atoms with van der Waals surface area (Å²) >= 11 is 0. The molecule has 2 nitrogen and oxygen atoms in total. The Bertz CT molecular complexity index is 599. The molecule has 0 saturated heterocycles. The molecule has 0 aliphatic carbocycles. The fourth-order valence-electron chi connectivity index (χ4n) is 2.16. The maximum atomic E-state index is 11.3. The minimum absolute atomic E-state index is 0.0499. The number of hydrogen-bond acceptors (Lipinski definition) is 2. The SMILES string of the molecule is CC(=O)C(C)OC(C)(C)c1ccc2ccccc2c1. The molecule has 1 unspecified atom stereocenters. The third-order valence-corrected chi connectivity index (χ3v) is 3.49. The minimum Gasteiger partial charge on any atom is -0.360 e. The zero-order valence-electron chi connectivity index (χ0n) is 11.9. The molecule has 0 radical (unpaired) electrons. The quantitative estimate of drug-likeness (QED) is 0.824. The number of Topliss-reactive ketones (excluding diaryl/α,β-unsaturated/α-hetero) is 1. The zero-order valence-corrected chi connectivity index (χ0v) is 11.9. The van der Waals surface area contributed by atoms with Crippen LogP contribution in [0.1, 0.15) is 33.3 Å². The lowest BCUT2D eigenvalue weighted by Crippen LogP contribution is -2.30. The molecule has 0 aliphatic rings. The third kappa shape index (κ3) is 3.02. The van der Waals surface area contributed by atoms with Crippen molar-refractivity contribution in [2.45, 2.75) is 39.4 Å². The standard InChI is InChI=1S/C17H20O2/c1-12(18)13(2)19-17(3,4)16-10-9-14-7-5-6-8-15(14)11-16/h5-11,13H,1-4H3. The molecule has 100 valence electrons. The van der Waals surface area contributed by atoms with E-state index >= 15 is 0 Å². The van der Waals surface area contributed by atoms with Crippen molar-refractivity contribution in [1.82, 2.24) is 0 Å². The minimum atomic E-state index is -0.477. The molecule has 2 rings (SSSR count). The van der Waals surface area contributed by atoms with Crippen molar-refractivity contribution in [2.75, 3.05) is 0 Å². The first kappa shape index (κ1) is 13.8. The van der Waals surface area contributed by atoms with E-state index in [0.717, 1.165) is 5.56 Å². The average Bonchev–Trinajstić information content (AvgIpc) is 2.37. The zero-order chi connectivity index (χ0) is 14.0. The Morgan fingerprint density at radius 3 is 2.37 bits per heavy atom. The summed E-state index contributed by atoms with van der Waals surface area (Å²) in [5, 5.41) is 2.40. The highest BCUT2D eigenvalue weighted by molar-refractivity contribution is 5.83. The van der Waals surface area contributed by atoms with E-state index in [1.54, 1.807) is 13.8 Å². The Morgan fingerprint density at radius 2 is 1.74 bits per heavy atom. The van der Waals surface area contributed by atoms with Crippen LogP contribution in [0.3, 0.4) is 0 Å². The molecule has 0 spiro atoms. The van der Waals surface area contributed by atoms with Gasteiger partial charge in [-0.1, -0.05) is 36.4 Å². The van der Waals surface area contributed by atoms with Gasteiger partial charge in [-0.3, -0.25) is 4.79 Å². The van der Waals surface area contributed by atoms with E-state index in [0.29, 0.717) is 0 Å². The molecule has 0 amide bonds. The molecule has 0 bridgehead atoms. The number of rotatable bonds is 4. The highest BCUT2D eigenvalue weighted by Gasteiger charge is 2.25. The number of carbonyl (C=O) groups excluding carboxylic acids is 1. The summed E-state index contributed by atoms with van der Waals surface area (Å²) in [6.07, 6.45) is -0.388. The van der Waals surface area contributed by atoms with E-state index in [1.807, 2.05) is 26.0 Å². The van der Waals surface area contributed by atoms with E-state index < -0.39 is 5.60 Å². The van der Waals surface area contributed by atoms with Crippen LogP contribution in [-0.4, -0.2) is 11.9 Å². The van der Waals surface area contributed by atoms with Crippen LogP contribution in [0.15, 0.2) is 42.5 Å². The number of hydrogen-bond donors (Lipinski definition) is 0. The predicted molar refractivity (Wildman–Crippen MR) is 78.2 cm³/mol. The van der Waals surface area contributed by atoms with Gasteiger partial charge in [-0.25, -0.2) is 0 Å². The molecule has 0 fully saturated rings. The molecule has 2 aromatic rings. The van der Waals surface area contributed by atoms with Crippen LogP contribution < -0.4 is 0 Å². The maximum absolute atomic E-state index is 11.3. The first-order chi connectivity index (χ1) is 8.90. The van der Waals surface area contributed by atoms with Gasteiger partial charge in [-0.05, 0) is 50.1 Å². The van der Waals surface area contributed by atoms with Crippen LogP contribution >= 0.6 is 0 Å². The van der Waals surface area contributed by atoms with Crippen molar-refractivity contribution >= 4 is 16.6 Å². The molecule has 2 heteroatoms. The van der Waals surface area contributed by atoms with Gasteiger partial charge in [0.1, 0.15) is 6.10 Å². The Balaban J connectivity index is 2.34. The smallest absolute Gasteiger partial charge is 0.158 e. The van der Waals surface area contributed by atoms with Gasteiger partial charge in [0.15, 0.2) is 5.78 Å². The van der Waals surface area contributed by atoms with Crippen LogP contribution in [0.2, 0.25) is 0 Å². The van der Waals surface area contributed by atoms with Gasteiger partial charge in [-0.2, -0.15) is 0 Å². The third-order valence-electron chi connectivity index (χ3n) is 3.49. The molecule has 1 atom stereocenters. The van der Waals surface area contributed by atoms with E-state index in [9.17, 15) is 4.79 Å². The second-order valence-electron chi connectivity index (χ2n) is 5.44. The maximum Gasteiger partial charge on any atom is 0.158 e. The van der Waals surface area contributed by atoms with Crippen LogP contribution in [-0.2, 0) is 15.1 Å². The van der Waals surface area contributed by atoms with Gasteiger partial charge in [-0.15, -0.1) is 0 Å². The Hall–Kier alpha value is -1.67.